The minimum Gasteiger partial charge on any atom is -0.484 e. The van der Waals surface area contributed by atoms with Crippen molar-refractivity contribution in [1.29, 1.82) is 0 Å². The highest BCUT2D eigenvalue weighted by atomic mass is 16.6. The maximum atomic E-state index is 12.7. The number of nitro groups is 1. The summed E-state index contributed by atoms with van der Waals surface area (Å²) in [5, 5.41) is 11.0. The van der Waals surface area contributed by atoms with Gasteiger partial charge in [0.25, 0.3) is 11.6 Å². The quantitative estimate of drug-likeness (QED) is 0.624. The van der Waals surface area contributed by atoms with Crippen LogP contribution in [0.25, 0.3) is 0 Å². The molecule has 0 atom stereocenters. The number of anilines is 1. The second-order valence-electron chi connectivity index (χ2n) is 6.12. The van der Waals surface area contributed by atoms with Crippen molar-refractivity contribution in [2.75, 3.05) is 24.6 Å². The first-order valence-corrected chi connectivity index (χ1v) is 8.24. The van der Waals surface area contributed by atoms with Crippen molar-refractivity contribution in [3.8, 4) is 5.75 Å². The summed E-state index contributed by atoms with van der Waals surface area (Å²) < 4.78 is 5.63. The van der Waals surface area contributed by atoms with E-state index in [0.717, 1.165) is 11.1 Å². The normalized spacial score (nSPS) is 13.1. The van der Waals surface area contributed by atoms with Gasteiger partial charge in [-0.3, -0.25) is 19.9 Å². The molecule has 0 spiro atoms. The molecule has 0 N–H and O–H groups in total. The van der Waals surface area contributed by atoms with Crippen LogP contribution in [-0.2, 0) is 4.79 Å². The summed E-state index contributed by atoms with van der Waals surface area (Å²) in [6.45, 7) is 4.71. The maximum absolute atomic E-state index is 12.7. The lowest BCUT2D eigenvalue weighted by atomic mass is 10.1. The first kappa shape index (κ1) is 17.6. The van der Waals surface area contributed by atoms with Crippen molar-refractivity contribution in [2.45, 2.75) is 13.8 Å². The molecule has 0 fully saturated rings. The average Bonchev–Trinajstić information content (AvgIpc) is 2.84. The SMILES string of the molecule is Cc1ccc(OCC(=O)N2CCN=Cc3cc([N+](=O)[O-])ccc32)cc1C. The Morgan fingerprint density at radius 2 is 2.04 bits per heavy atom. The van der Waals surface area contributed by atoms with E-state index in [4.69, 9.17) is 4.74 Å². The van der Waals surface area contributed by atoms with Crippen molar-refractivity contribution in [3.05, 3.63) is 63.2 Å². The fourth-order valence-corrected chi connectivity index (χ4v) is 2.73. The highest BCUT2D eigenvalue weighted by Crippen LogP contribution is 2.26. The van der Waals surface area contributed by atoms with Crippen LogP contribution in [0.5, 0.6) is 5.75 Å². The van der Waals surface area contributed by atoms with Crippen LogP contribution in [0, 0.1) is 24.0 Å². The summed E-state index contributed by atoms with van der Waals surface area (Å²) in [5.74, 6) is 0.417. The number of nitro benzene ring substituents is 1. The second kappa shape index (κ2) is 7.35. The van der Waals surface area contributed by atoms with Crippen LogP contribution in [0.1, 0.15) is 16.7 Å². The average molecular weight is 353 g/mol. The van der Waals surface area contributed by atoms with Gasteiger partial charge >= 0.3 is 0 Å². The Morgan fingerprint density at radius 1 is 1.23 bits per heavy atom. The monoisotopic (exact) mass is 353 g/mol. The van der Waals surface area contributed by atoms with E-state index in [-0.39, 0.29) is 18.2 Å². The summed E-state index contributed by atoms with van der Waals surface area (Å²) in [7, 11) is 0. The number of benzodiazepines with no additional fused rings is 1. The lowest BCUT2D eigenvalue weighted by Gasteiger charge is -2.22. The molecule has 1 aliphatic heterocycles. The lowest BCUT2D eigenvalue weighted by Crippen LogP contribution is -2.36. The largest absolute Gasteiger partial charge is 0.484 e. The molecule has 2 aromatic rings. The smallest absolute Gasteiger partial charge is 0.270 e. The Bertz CT molecular complexity index is 892. The first-order chi connectivity index (χ1) is 12.5. The van der Waals surface area contributed by atoms with E-state index in [9.17, 15) is 14.9 Å². The maximum Gasteiger partial charge on any atom is 0.270 e. The minimum atomic E-state index is -0.464. The van der Waals surface area contributed by atoms with E-state index >= 15 is 0 Å². The summed E-state index contributed by atoms with van der Waals surface area (Å²) in [6, 6.07) is 10.1. The highest BCUT2D eigenvalue weighted by Gasteiger charge is 2.22. The van der Waals surface area contributed by atoms with Crippen molar-refractivity contribution in [1.82, 2.24) is 0 Å². The zero-order chi connectivity index (χ0) is 18.7. The summed E-state index contributed by atoms with van der Waals surface area (Å²) >= 11 is 0. The van der Waals surface area contributed by atoms with E-state index < -0.39 is 4.92 Å². The molecule has 0 unspecified atom stereocenters. The van der Waals surface area contributed by atoms with Crippen LogP contribution < -0.4 is 9.64 Å². The summed E-state index contributed by atoms with van der Waals surface area (Å²) in [5.41, 5.74) is 3.37. The van der Waals surface area contributed by atoms with Gasteiger partial charge in [0, 0.05) is 30.5 Å². The number of amides is 1. The number of carbonyl (C=O) groups excluding carboxylic acids is 1. The molecule has 0 aromatic heterocycles. The highest BCUT2D eigenvalue weighted by molar-refractivity contribution is 6.01. The van der Waals surface area contributed by atoms with E-state index in [1.54, 1.807) is 17.2 Å². The molecule has 0 aliphatic carbocycles. The molecule has 26 heavy (non-hydrogen) atoms. The molecule has 134 valence electrons. The van der Waals surface area contributed by atoms with Crippen molar-refractivity contribution < 1.29 is 14.5 Å². The predicted molar refractivity (Wildman–Crippen MR) is 99.3 cm³/mol. The van der Waals surface area contributed by atoms with Gasteiger partial charge in [0.05, 0.1) is 17.2 Å². The number of fused-ring (bicyclic) bond motifs is 1. The lowest BCUT2D eigenvalue weighted by molar-refractivity contribution is -0.384. The molecule has 1 heterocycles. The van der Waals surface area contributed by atoms with Crippen LogP contribution in [0.3, 0.4) is 0 Å². The Labute approximate surface area is 151 Å². The molecule has 1 aliphatic rings. The van der Waals surface area contributed by atoms with E-state index in [1.807, 2.05) is 32.0 Å². The van der Waals surface area contributed by atoms with Gasteiger partial charge in [0.2, 0.25) is 0 Å². The number of benzene rings is 2. The van der Waals surface area contributed by atoms with E-state index in [0.29, 0.717) is 30.1 Å². The molecule has 7 nitrogen and oxygen atoms in total. The van der Waals surface area contributed by atoms with E-state index in [1.165, 1.54) is 12.1 Å². The molecule has 2 aromatic carbocycles. The topological polar surface area (TPSA) is 85.0 Å². The molecule has 3 rings (SSSR count). The Balaban J connectivity index is 1.77. The molecule has 7 heteroatoms. The molecular weight excluding hydrogens is 334 g/mol. The van der Waals surface area contributed by atoms with Gasteiger partial charge in [-0.15, -0.1) is 0 Å². The number of hydrogen-bond acceptors (Lipinski definition) is 5. The molecule has 0 bridgehead atoms. The number of non-ortho nitro benzene ring substituents is 1. The number of aryl methyl sites for hydroxylation is 2. The number of rotatable bonds is 4. The van der Waals surface area contributed by atoms with Crippen LogP contribution in [0.2, 0.25) is 0 Å². The zero-order valence-corrected chi connectivity index (χ0v) is 14.6. The summed E-state index contributed by atoms with van der Waals surface area (Å²) in [4.78, 5) is 28.9. The molecule has 1 amide bonds. The Kier molecular flexibility index (Phi) is 4.97. The Hall–Kier alpha value is -3.22. The fraction of sp³-hybridized carbons (Fsp3) is 0.263. The number of nitrogens with zero attached hydrogens (tertiary/aromatic N) is 3. The van der Waals surface area contributed by atoms with E-state index in [2.05, 4.69) is 4.99 Å². The third-order valence-corrected chi connectivity index (χ3v) is 4.34. The predicted octanol–water partition coefficient (Wildman–Crippen LogP) is 3.06. The third-order valence-electron chi connectivity index (χ3n) is 4.34. The third kappa shape index (κ3) is 3.72. The van der Waals surface area contributed by atoms with Crippen molar-refractivity contribution >= 4 is 23.5 Å². The van der Waals surface area contributed by atoms with Crippen LogP contribution in [-0.4, -0.2) is 36.7 Å². The van der Waals surface area contributed by atoms with Gasteiger partial charge in [-0.05, 0) is 43.2 Å². The standard InChI is InChI=1S/C19H19N3O4/c1-13-3-5-17(9-14(13)2)26-12-19(23)21-8-7-20-11-15-10-16(22(24)25)4-6-18(15)21/h3-6,9-11H,7-8,12H2,1-2H3. The van der Waals surface area contributed by atoms with Gasteiger partial charge in [-0.25, -0.2) is 0 Å². The second-order valence-corrected chi connectivity index (χ2v) is 6.12. The Morgan fingerprint density at radius 3 is 2.77 bits per heavy atom. The molecule has 0 radical (unpaired) electrons. The fourth-order valence-electron chi connectivity index (χ4n) is 2.73. The first-order valence-electron chi connectivity index (χ1n) is 8.24. The van der Waals surface area contributed by atoms with Crippen LogP contribution in [0.4, 0.5) is 11.4 Å². The zero-order valence-electron chi connectivity index (χ0n) is 14.6. The minimum absolute atomic E-state index is 0.0316. The van der Waals surface area contributed by atoms with Crippen molar-refractivity contribution in [2.24, 2.45) is 4.99 Å². The summed E-state index contributed by atoms with van der Waals surface area (Å²) in [6.07, 6.45) is 1.57. The van der Waals surface area contributed by atoms with Gasteiger partial charge in [-0.1, -0.05) is 6.07 Å². The molecule has 0 saturated heterocycles. The molecule has 0 saturated carbocycles. The van der Waals surface area contributed by atoms with Crippen LogP contribution >= 0.6 is 0 Å². The van der Waals surface area contributed by atoms with Gasteiger partial charge < -0.3 is 9.64 Å². The number of aliphatic imine (C=N–C) groups is 1. The number of ether oxygens (including phenoxy) is 1. The van der Waals surface area contributed by atoms with Gasteiger partial charge in [0.15, 0.2) is 6.61 Å². The molecular formula is C19H19N3O4. The van der Waals surface area contributed by atoms with Crippen molar-refractivity contribution in [3.63, 3.8) is 0 Å². The van der Waals surface area contributed by atoms with Crippen LogP contribution in [0.15, 0.2) is 41.4 Å². The number of carbonyl (C=O) groups is 1. The van der Waals surface area contributed by atoms with Gasteiger partial charge in [0.1, 0.15) is 5.75 Å². The number of hydrogen-bond donors (Lipinski definition) is 0. The van der Waals surface area contributed by atoms with Gasteiger partial charge in [-0.2, -0.15) is 0 Å².